The number of nitrogens with one attached hydrogen (secondary N) is 2. The summed E-state index contributed by atoms with van der Waals surface area (Å²) in [4.78, 5) is 142. The highest BCUT2D eigenvalue weighted by molar-refractivity contribution is 6.63. The van der Waals surface area contributed by atoms with E-state index in [-0.39, 0.29) is 86.9 Å². The van der Waals surface area contributed by atoms with Gasteiger partial charge >= 0.3 is 0 Å². The molecule has 0 saturated carbocycles. The first-order valence-electron chi connectivity index (χ1n) is 28.5. The second kappa shape index (κ2) is 35.9. The van der Waals surface area contributed by atoms with Gasteiger partial charge in [-0.3, -0.25) is 62.6 Å². The third-order valence-corrected chi connectivity index (χ3v) is 13.7. The van der Waals surface area contributed by atoms with Crippen LogP contribution in [-0.4, -0.2) is 108 Å². The molecule has 1 unspecified atom stereocenters. The van der Waals surface area contributed by atoms with Crippen LogP contribution in [0.2, 0.25) is 0 Å². The Hall–Kier alpha value is -9.61. The number of carbonyl (C=O) groups excluding carboxylic acids is 11. The Morgan fingerprint density at radius 1 is 0.517 bits per heavy atom. The van der Waals surface area contributed by atoms with Gasteiger partial charge in [-0.25, -0.2) is 4.99 Å². The molecule has 3 aromatic carbocycles. The number of nitrogens with zero attached hydrogens (tertiary/aromatic N) is 6. The van der Waals surface area contributed by atoms with Crippen molar-refractivity contribution in [1.82, 2.24) is 18.6 Å². The Bertz CT molecular complexity index is 3630. The van der Waals surface area contributed by atoms with Crippen LogP contribution in [0.25, 0.3) is 0 Å². The van der Waals surface area contributed by atoms with Crippen molar-refractivity contribution in [3.05, 3.63) is 160 Å². The quantitative estimate of drug-likeness (QED) is 0.00921. The lowest BCUT2D eigenvalue weighted by atomic mass is 9.83. The van der Waals surface area contributed by atoms with E-state index >= 15 is 0 Å². The molecule has 3 amide bonds. The van der Waals surface area contributed by atoms with Gasteiger partial charge in [-0.15, -0.1) is 12.4 Å². The normalized spacial score (nSPS) is 12.7. The summed E-state index contributed by atoms with van der Waals surface area (Å²) in [5.41, 5.74) is 24.7. The predicted molar refractivity (Wildman–Crippen MR) is 348 cm³/mol. The molecule has 1 atom stereocenters. The Balaban J connectivity index is 0.000000423. The van der Waals surface area contributed by atoms with E-state index in [4.69, 9.17) is 34.5 Å². The molecule has 0 spiro atoms. The van der Waals surface area contributed by atoms with Gasteiger partial charge in [0.1, 0.15) is 0 Å². The van der Waals surface area contributed by atoms with Crippen LogP contribution in [0.4, 0.5) is 17.1 Å². The van der Waals surface area contributed by atoms with Crippen molar-refractivity contribution >= 4 is 116 Å². The van der Waals surface area contributed by atoms with E-state index in [0.29, 0.717) is 103 Å². The van der Waals surface area contributed by atoms with Gasteiger partial charge < -0.3 is 47.3 Å². The van der Waals surface area contributed by atoms with E-state index in [1.165, 1.54) is 48.5 Å². The molecule has 0 fully saturated rings. The zero-order chi connectivity index (χ0) is 66.2. The summed E-state index contributed by atoms with van der Waals surface area (Å²) in [6.07, 6.45) is 6.98. The number of benzene rings is 3. The van der Waals surface area contributed by atoms with Crippen LogP contribution in [0.1, 0.15) is 185 Å². The number of hydrogen-bond acceptors (Lipinski definition) is 15. The minimum atomic E-state index is -1.42. The number of likely N-dealkylation sites (N-methyl/N-ethyl adjacent to an activating group) is 1. The highest BCUT2D eigenvalue weighted by Gasteiger charge is 2.50. The van der Waals surface area contributed by atoms with Gasteiger partial charge in [-0.1, -0.05) is 77.9 Å². The number of aryl methyl sites for hydroxylation is 3. The lowest BCUT2D eigenvalue weighted by Gasteiger charge is -2.25. The molecule has 0 saturated heterocycles. The molecule has 23 nitrogen and oxygen atoms in total. The summed E-state index contributed by atoms with van der Waals surface area (Å²) in [7, 11) is 3.11. The lowest BCUT2D eigenvalue weighted by Crippen LogP contribution is -2.41. The van der Waals surface area contributed by atoms with E-state index in [2.05, 4.69) is 20.6 Å². The van der Waals surface area contributed by atoms with Crippen LogP contribution < -0.4 is 33.6 Å². The largest absolute Gasteiger partial charge is 0.399 e. The Morgan fingerprint density at radius 3 is 1.27 bits per heavy atom. The molecular weight excluding hydrogens is 1180 g/mol. The van der Waals surface area contributed by atoms with Crippen molar-refractivity contribution in [2.24, 2.45) is 27.2 Å². The molecule has 89 heavy (non-hydrogen) atoms. The Kier molecular flexibility index (Phi) is 30.4. The summed E-state index contributed by atoms with van der Waals surface area (Å²) in [6.45, 7) is 17.8. The van der Waals surface area contributed by atoms with Gasteiger partial charge in [-0.05, 0) is 92.5 Å². The predicted octanol–water partition coefficient (Wildman–Crippen LogP) is 9.22. The van der Waals surface area contributed by atoms with Crippen LogP contribution in [0, 0.1) is 0 Å². The van der Waals surface area contributed by atoms with Gasteiger partial charge in [0, 0.05) is 136 Å². The molecule has 25 heteroatoms. The fourth-order valence-electron chi connectivity index (χ4n) is 8.46. The molecule has 3 aromatic heterocycles. The number of amides is 3. The SMILES string of the molecule is CCC(=O)Cl.CCC(=O)Nc1cccc(C(=O)C(=O)c2cc(C(=O)CC)n(CC)c2)c1.CCC(=O)Nc1cccc(C2(c3cc(C(=O)CC)n(CC)c3)N=C(N)N(C)C2=O)c1.CCC(=O)c1cc(C(=O)C(=O)c2cccc(N)c2)cn1CC.CN=C(N)N.Cl. The zero-order valence-electron chi connectivity index (χ0n) is 52.0. The van der Waals surface area contributed by atoms with Gasteiger partial charge in [-0.2, -0.15) is 0 Å². The second-order valence-electron chi connectivity index (χ2n) is 19.3. The summed E-state index contributed by atoms with van der Waals surface area (Å²) in [5, 5.41) is 5.20. The maximum absolute atomic E-state index is 13.4. The molecule has 476 valence electrons. The number of hydrogen-bond donors (Lipinski definition) is 6. The summed E-state index contributed by atoms with van der Waals surface area (Å²) >= 11 is 4.82. The summed E-state index contributed by atoms with van der Waals surface area (Å²) in [6, 6.07) is 24.2. The molecule has 1 aliphatic heterocycles. The van der Waals surface area contributed by atoms with E-state index in [9.17, 15) is 52.7 Å². The fraction of sp³-hybridized carbons (Fsp3) is 0.328. The van der Waals surface area contributed by atoms with Crippen molar-refractivity contribution in [2.75, 3.05) is 30.5 Å². The molecule has 10 N–H and O–H groups in total. The highest BCUT2D eigenvalue weighted by Crippen LogP contribution is 2.41. The van der Waals surface area contributed by atoms with E-state index in [0.717, 1.165) is 0 Å². The number of ketones is 7. The van der Waals surface area contributed by atoms with Crippen LogP contribution in [0.15, 0.2) is 120 Å². The number of nitrogens with two attached hydrogens (primary N) is 4. The molecule has 1 aliphatic rings. The van der Waals surface area contributed by atoms with E-state index in [1.54, 1.807) is 131 Å². The van der Waals surface area contributed by atoms with Gasteiger partial charge in [0.05, 0.1) is 17.1 Å². The van der Waals surface area contributed by atoms with Crippen molar-refractivity contribution in [3.63, 3.8) is 0 Å². The average Bonchev–Trinajstić information content (AvgIpc) is 1.69. The number of rotatable bonds is 22. The third-order valence-electron chi connectivity index (χ3n) is 13.4. The van der Waals surface area contributed by atoms with E-state index in [1.807, 2.05) is 25.3 Å². The lowest BCUT2D eigenvalue weighted by molar-refractivity contribution is -0.129. The molecule has 0 aliphatic carbocycles. The smallest absolute Gasteiger partial charge is 0.266 e. The van der Waals surface area contributed by atoms with Crippen molar-refractivity contribution in [3.8, 4) is 0 Å². The fourth-order valence-corrected chi connectivity index (χ4v) is 8.46. The number of guanidine groups is 2. The topological polar surface area (TPSA) is 359 Å². The average molecular weight is 1260 g/mol. The minimum Gasteiger partial charge on any atom is -0.399 e. The maximum atomic E-state index is 13.4. The molecule has 0 bridgehead atoms. The van der Waals surface area contributed by atoms with E-state index < -0.39 is 28.7 Å². The first-order chi connectivity index (χ1) is 41.7. The monoisotopic (exact) mass is 1260 g/mol. The van der Waals surface area contributed by atoms with Crippen LogP contribution in [0.5, 0.6) is 0 Å². The maximum Gasteiger partial charge on any atom is 0.266 e. The van der Waals surface area contributed by atoms with Gasteiger partial charge in [0.2, 0.25) is 40.2 Å². The van der Waals surface area contributed by atoms with Crippen LogP contribution >= 0.6 is 24.0 Å². The summed E-state index contributed by atoms with van der Waals surface area (Å²) in [5.74, 6) is -3.18. The number of halogens is 2. The Labute approximate surface area is 529 Å². The molecule has 6 aromatic rings. The minimum absolute atomic E-state index is 0. The molecule has 0 radical (unpaired) electrons. The second-order valence-corrected chi connectivity index (χ2v) is 19.8. The number of aromatic nitrogens is 3. The summed E-state index contributed by atoms with van der Waals surface area (Å²) < 4.78 is 5.18. The van der Waals surface area contributed by atoms with Gasteiger partial charge in [0.15, 0.2) is 34.8 Å². The van der Waals surface area contributed by atoms with Crippen molar-refractivity contribution in [2.45, 2.75) is 126 Å². The molecule has 4 heterocycles. The Morgan fingerprint density at radius 2 is 0.899 bits per heavy atom. The van der Waals surface area contributed by atoms with Gasteiger partial charge in [0.25, 0.3) is 5.91 Å². The first kappa shape index (κ1) is 75.5. The number of aliphatic imine (C=N–C) groups is 2. The number of anilines is 3. The highest BCUT2D eigenvalue weighted by atomic mass is 35.5. The van der Waals surface area contributed by atoms with Crippen molar-refractivity contribution < 1.29 is 52.7 Å². The number of Topliss-reactive ketones (excluding diaryl/α,β-unsaturated/α-hetero) is 7. The van der Waals surface area contributed by atoms with Crippen LogP contribution in [0.3, 0.4) is 0 Å². The van der Waals surface area contributed by atoms with Crippen molar-refractivity contribution in [1.29, 1.82) is 0 Å². The first-order valence-corrected chi connectivity index (χ1v) is 28.9. The molecule has 7 rings (SSSR count). The number of carbonyl (C=O) groups is 11. The van der Waals surface area contributed by atoms with Crippen LogP contribution in [-0.2, 0) is 44.4 Å². The third kappa shape index (κ3) is 20.0. The molecular formula is C64H80Cl2N12O11. The standard InChI is InChI=1S/C22H27N5O3.C20H22N2O4.C17H18N2O3.C3H5ClO.C2H7N3.ClH/c1-5-18(28)17-12-15(13-27(17)7-3)22(20(30)26(4)21(23)25-22)14-9-8-10-16(11-14)24-19(29)6-2;1-4-17(23)16-11-14(12-22(16)6-3)20(26)19(25)13-8-7-9-15(10-13)21-18(24)5-2;1-3-15(20)14-9-12(10-19(14)4-2)17(22)16(21)11-6-5-7-13(18)8-11;1-2-3(4)5;1-5-2(3)4;/h8-13H,5-7H2,1-4H3,(H2,23,25)(H,24,29);7-12H,4-6H2,1-3H3,(H,21,24);5-10H,3-4,18H2,1-2H3;2H2,1H3;1H3,(H4,3,4,5);1H. The number of nitrogen functional groups attached to an aromatic ring is 1. The zero-order valence-corrected chi connectivity index (χ0v) is 53.6.